The molecule has 0 saturated heterocycles. The molecule has 0 fully saturated rings. The quantitative estimate of drug-likeness (QED) is 0.776. The van der Waals surface area contributed by atoms with Gasteiger partial charge in [0.1, 0.15) is 5.01 Å². The lowest BCUT2D eigenvalue weighted by atomic mass is 10.4. The molecule has 0 atom stereocenters. The van der Waals surface area contributed by atoms with Crippen molar-refractivity contribution in [1.82, 2.24) is 14.6 Å². The molecule has 2 rings (SSSR count). The summed E-state index contributed by atoms with van der Waals surface area (Å²) in [6, 6.07) is 0. The topological polar surface area (TPSA) is 56.2 Å². The average Bonchev–Trinajstić information content (AvgIpc) is 2.56. The summed E-state index contributed by atoms with van der Waals surface area (Å²) >= 11 is 1.62. The van der Waals surface area contributed by atoms with Crippen LogP contribution in [0.15, 0.2) is 0 Å². The van der Waals surface area contributed by atoms with Crippen LogP contribution in [0.1, 0.15) is 16.4 Å². The van der Waals surface area contributed by atoms with Gasteiger partial charge in [0.15, 0.2) is 0 Å². The van der Waals surface area contributed by atoms with Crippen LogP contribution in [-0.4, -0.2) is 21.1 Å². The zero-order chi connectivity index (χ0) is 9.42. The van der Waals surface area contributed by atoms with Crippen molar-refractivity contribution < 1.29 is 0 Å². The minimum Gasteiger partial charge on any atom is -0.330 e. The van der Waals surface area contributed by atoms with E-state index in [1.165, 1.54) is 0 Å². The Balaban J connectivity index is 2.52. The van der Waals surface area contributed by atoms with E-state index in [-0.39, 0.29) is 0 Å². The molecule has 0 aliphatic rings. The fourth-order valence-electron chi connectivity index (χ4n) is 1.21. The molecule has 0 radical (unpaired) electrons. The number of aryl methyl sites for hydroxylation is 2. The Bertz CT molecular complexity index is 428. The van der Waals surface area contributed by atoms with Crippen LogP contribution < -0.4 is 5.73 Å². The van der Waals surface area contributed by atoms with Gasteiger partial charge in [0, 0.05) is 6.42 Å². The first-order valence-electron chi connectivity index (χ1n) is 4.24. The van der Waals surface area contributed by atoms with Crippen LogP contribution >= 0.6 is 11.3 Å². The van der Waals surface area contributed by atoms with E-state index in [9.17, 15) is 0 Å². The predicted octanol–water partition coefficient (Wildman–Crippen LogP) is 0.909. The molecule has 0 saturated carbocycles. The highest BCUT2D eigenvalue weighted by atomic mass is 32.1. The smallest absolute Gasteiger partial charge is 0.212 e. The maximum absolute atomic E-state index is 5.46. The zero-order valence-corrected chi connectivity index (χ0v) is 8.56. The summed E-state index contributed by atoms with van der Waals surface area (Å²) in [5.74, 6) is 0. The van der Waals surface area contributed by atoms with Gasteiger partial charge in [0.2, 0.25) is 4.96 Å². The van der Waals surface area contributed by atoms with Crippen molar-refractivity contribution >= 4 is 16.3 Å². The third-order valence-electron chi connectivity index (χ3n) is 2.06. The second-order valence-electron chi connectivity index (χ2n) is 3.01. The van der Waals surface area contributed by atoms with Crippen molar-refractivity contribution in [2.75, 3.05) is 6.54 Å². The first kappa shape index (κ1) is 8.65. The highest BCUT2D eigenvalue weighted by Crippen LogP contribution is 2.17. The fourth-order valence-corrected chi connectivity index (χ4v) is 2.21. The van der Waals surface area contributed by atoms with Crippen LogP contribution in [-0.2, 0) is 6.42 Å². The monoisotopic (exact) mass is 196 g/mol. The van der Waals surface area contributed by atoms with Gasteiger partial charge in [-0.3, -0.25) is 0 Å². The Morgan fingerprint density at radius 3 is 2.85 bits per heavy atom. The van der Waals surface area contributed by atoms with Crippen LogP contribution in [0.25, 0.3) is 4.96 Å². The first-order valence-corrected chi connectivity index (χ1v) is 5.05. The highest BCUT2D eigenvalue weighted by Gasteiger charge is 2.09. The van der Waals surface area contributed by atoms with Gasteiger partial charge in [-0.05, 0) is 20.4 Å². The molecule has 0 aromatic carbocycles. The van der Waals surface area contributed by atoms with Crippen LogP contribution in [0.5, 0.6) is 0 Å². The number of nitrogens with two attached hydrogens (primary N) is 1. The van der Waals surface area contributed by atoms with E-state index in [1.807, 2.05) is 18.4 Å². The number of hydrogen-bond acceptors (Lipinski definition) is 4. The van der Waals surface area contributed by atoms with E-state index < -0.39 is 0 Å². The summed E-state index contributed by atoms with van der Waals surface area (Å²) in [5, 5.41) is 5.48. The van der Waals surface area contributed by atoms with Gasteiger partial charge < -0.3 is 5.73 Å². The lowest BCUT2D eigenvalue weighted by Crippen LogP contribution is -2.02. The van der Waals surface area contributed by atoms with Crippen LogP contribution in [0, 0.1) is 13.8 Å². The maximum atomic E-state index is 5.46. The van der Waals surface area contributed by atoms with Crippen molar-refractivity contribution in [3.63, 3.8) is 0 Å². The normalized spacial score (nSPS) is 11.3. The molecule has 13 heavy (non-hydrogen) atoms. The molecular formula is C8H12N4S. The summed E-state index contributed by atoms with van der Waals surface area (Å²) in [4.78, 5) is 5.36. The van der Waals surface area contributed by atoms with Crippen molar-refractivity contribution in [1.29, 1.82) is 0 Å². The van der Waals surface area contributed by atoms with Gasteiger partial charge in [-0.25, -0.2) is 9.50 Å². The lowest BCUT2D eigenvalue weighted by Gasteiger charge is -1.89. The number of imidazole rings is 1. The third-order valence-corrected chi connectivity index (χ3v) is 3.03. The SMILES string of the molecule is Cc1nc2sc(CCN)nn2c1C. The van der Waals surface area contributed by atoms with Gasteiger partial charge in [-0.1, -0.05) is 11.3 Å². The molecule has 2 heterocycles. The number of nitrogens with zero attached hydrogens (tertiary/aromatic N) is 3. The minimum atomic E-state index is 0.648. The lowest BCUT2D eigenvalue weighted by molar-refractivity contribution is 0.851. The number of fused-ring (bicyclic) bond motifs is 1. The fraction of sp³-hybridized carbons (Fsp3) is 0.500. The van der Waals surface area contributed by atoms with E-state index >= 15 is 0 Å². The predicted molar refractivity (Wildman–Crippen MR) is 53.1 cm³/mol. The van der Waals surface area contributed by atoms with Crippen molar-refractivity contribution in [3.8, 4) is 0 Å². The number of hydrogen-bond donors (Lipinski definition) is 1. The van der Waals surface area contributed by atoms with Gasteiger partial charge in [0.25, 0.3) is 0 Å². The second-order valence-corrected chi connectivity index (χ2v) is 4.05. The average molecular weight is 196 g/mol. The summed E-state index contributed by atoms with van der Waals surface area (Å²) in [6.07, 6.45) is 0.840. The van der Waals surface area contributed by atoms with Gasteiger partial charge >= 0.3 is 0 Å². The van der Waals surface area contributed by atoms with Crippen LogP contribution in [0.3, 0.4) is 0 Å². The summed E-state index contributed by atoms with van der Waals surface area (Å²) in [5.41, 5.74) is 7.63. The molecule has 2 N–H and O–H groups in total. The molecular weight excluding hydrogens is 184 g/mol. The highest BCUT2D eigenvalue weighted by molar-refractivity contribution is 7.16. The molecule has 70 valence electrons. The summed E-state index contributed by atoms with van der Waals surface area (Å²) in [7, 11) is 0. The van der Waals surface area contributed by atoms with Crippen molar-refractivity contribution in [2.45, 2.75) is 20.3 Å². The third kappa shape index (κ3) is 1.34. The van der Waals surface area contributed by atoms with E-state index in [0.29, 0.717) is 6.54 Å². The van der Waals surface area contributed by atoms with Crippen molar-refractivity contribution in [2.24, 2.45) is 5.73 Å². The minimum absolute atomic E-state index is 0.648. The Morgan fingerprint density at radius 1 is 1.46 bits per heavy atom. The Labute approximate surface area is 80.4 Å². The van der Waals surface area contributed by atoms with Gasteiger partial charge in [-0.2, -0.15) is 5.10 Å². The largest absolute Gasteiger partial charge is 0.330 e. The Kier molecular flexibility index (Phi) is 2.05. The molecule has 0 aliphatic carbocycles. The molecule has 4 nitrogen and oxygen atoms in total. The molecule has 0 amide bonds. The second kappa shape index (κ2) is 3.08. The standard InChI is InChI=1S/C8H12N4S/c1-5-6(2)12-8(10-5)13-7(11-12)3-4-9/h3-4,9H2,1-2H3. The Hall–Kier alpha value is -0.940. The maximum Gasteiger partial charge on any atom is 0.212 e. The molecule has 2 aromatic heterocycles. The molecule has 0 unspecified atom stereocenters. The molecule has 5 heteroatoms. The summed E-state index contributed by atoms with van der Waals surface area (Å²) in [6.45, 7) is 4.68. The molecule has 0 bridgehead atoms. The summed E-state index contributed by atoms with van der Waals surface area (Å²) < 4.78 is 1.89. The number of rotatable bonds is 2. The first-order chi connectivity index (χ1) is 6.22. The van der Waals surface area contributed by atoms with Crippen molar-refractivity contribution in [3.05, 3.63) is 16.4 Å². The van der Waals surface area contributed by atoms with E-state index in [2.05, 4.69) is 10.1 Å². The van der Waals surface area contributed by atoms with E-state index in [4.69, 9.17) is 5.73 Å². The van der Waals surface area contributed by atoms with Crippen LogP contribution in [0.4, 0.5) is 0 Å². The van der Waals surface area contributed by atoms with E-state index in [1.54, 1.807) is 11.3 Å². The number of aromatic nitrogens is 3. The van der Waals surface area contributed by atoms with Gasteiger partial charge in [-0.15, -0.1) is 0 Å². The molecule has 2 aromatic rings. The van der Waals surface area contributed by atoms with E-state index in [0.717, 1.165) is 27.8 Å². The molecule has 0 aliphatic heterocycles. The van der Waals surface area contributed by atoms with Crippen LogP contribution in [0.2, 0.25) is 0 Å². The Morgan fingerprint density at radius 2 is 2.23 bits per heavy atom. The zero-order valence-electron chi connectivity index (χ0n) is 7.74. The van der Waals surface area contributed by atoms with Gasteiger partial charge in [0.05, 0.1) is 11.4 Å². The molecule has 0 spiro atoms.